The van der Waals surface area contributed by atoms with E-state index < -0.39 is 0 Å². The van der Waals surface area contributed by atoms with E-state index in [0.717, 1.165) is 21.7 Å². The summed E-state index contributed by atoms with van der Waals surface area (Å²) in [4.78, 5) is 16.9. The molecule has 4 rings (SSSR count). The average Bonchev–Trinajstić information content (AvgIpc) is 3.29. The summed E-state index contributed by atoms with van der Waals surface area (Å²) in [6.45, 7) is 1.77. The Morgan fingerprint density at radius 2 is 1.96 bits per heavy atom. The highest BCUT2D eigenvalue weighted by Gasteiger charge is 2.15. The third-order valence-corrected chi connectivity index (χ3v) is 4.99. The molecule has 0 aliphatic carbocycles. The summed E-state index contributed by atoms with van der Waals surface area (Å²) in [5.74, 6) is 1.66. The van der Waals surface area contributed by atoms with Gasteiger partial charge in [-0.1, -0.05) is 29.5 Å². The number of thiazole rings is 1. The maximum Gasteiger partial charge on any atom is 0.263 e. The first-order valence-electron chi connectivity index (χ1n) is 8.62. The number of methoxy groups -OCH3 is 1. The second-order valence-corrected chi connectivity index (χ2v) is 7.07. The van der Waals surface area contributed by atoms with Gasteiger partial charge < -0.3 is 14.8 Å². The summed E-state index contributed by atoms with van der Waals surface area (Å²) < 4.78 is 13.4. The van der Waals surface area contributed by atoms with Crippen LogP contribution in [0.1, 0.15) is 5.69 Å². The molecular formula is C20H18N4O3S. The normalized spacial score (nSPS) is 10.8. The van der Waals surface area contributed by atoms with E-state index >= 15 is 0 Å². The highest BCUT2D eigenvalue weighted by Crippen LogP contribution is 2.29. The van der Waals surface area contributed by atoms with Gasteiger partial charge in [0.15, 0.2) is 6.61 Å². The summed E-state index contributed by atoms with van der Waals surface area (Å²) in [6.07, 6.45) is 0. The van der Waals surface area contributed by atoms with Crippen molar-refractivity contribution in [1.29, 1.82) is 0 Å². The Morgan fingerprint density at radius 3 is 2.75 bits per heavy atom. The Bertz CT molecular complexity index is 1120. The number of amides is 1. The SMILES string of the molecule is COc1ccc2sc(-n3nc(C)cc3NC(=O)COc3ccccc3)nc2c1. The first-order chi connectivity index (χ1) is 13.6. The molecule has 7 nitrogen and oxygen atoms in total. The number of ether oxygens (including phenoxy) is 2. The van der Waals surface area contributed by atoms with E-state index in [1.807, 2.05) is 43.3 Å². The van der Waals surface area contributed by atoms with Crippen molar-refractivity contribution < 1.29 is 14.3 Å². The number of nitrogens with zero attached hydrogens (tertiary/aromatic N) is 3. The third kappa shape index (κ3) is 3.81. The van der Waals surface area contributed by atoms with Gasteiger partial charge in [-0.2, -0.15) is 9.78 Å². The van der Waals surface area contributed by atoms with Crippen molar-refractivity contribution in [3.8, 4) is 16.6 Å². The molecule has 28 heavy (non-hydrogen) atoms. The van der Waals surface area contributed by atoms with Gasteiger partial charge >= 0.3 is 0 Å². The van der Waals surface area contributed by atoms with Crippen LogP contribution in [0.3, 0.4) is 0 Å². The maximum atomic E-state index is 12.3. The minimum Gasteiger partial charge on any atom is -0.497 e. The highest BCUT2D eigenvalue weighted by molar-refractivity contribution is 7.20. The number of para-hydroxylation sites is 1. The van der Waals surface area contributed by atoms with Crippen LogP contribution >= 0.6 is 11.3 Å². The van der Waals surface area contributed by atoms with Crippen LogP contribution in [0, 0.1) is 6.92 Å². The number of hydrogen-bond donors (Lipinski definition) is 1. The summed E-state index contributed by atoms with van der Waals surface area (Å²) in [5.41, 5.74) is 1.59. The van der Waals surface area contributed by atoms with Crippen molar-refractivity contribution in [2.75, 3.05) is 19.0 Å². The molecule has 0 saturated heterocycles. The predicted octanol–water partition coefficient (Wildman–Crippen LogP) is 3.82. The molecular weight excluding hydrogens is 376 g/mol. The molecule has 0 bridgehead atoms. The molecule has 4 aromatic rings. The van der Waals surface area contributed by atoms with E-state index in [1.165, 1.54) is 11.3 Å². The van der Waals surface area contributed by atoms with E-state index in [4.69, 9.17) is 9.47 Å². The van der Waals surface area contributed by atoms with Gasteiger partial charge in [-0.15, -0.1) is 0 Å². The van der Waals surface area contributed by atoms with E-state index in [1.54, 1.807) is 30.0 Å². The van der Waals surface area contributed by atoms with E-state index in [0.29, 0.717) is 16.7 Å². The molecule has 2 heterocycles. The number of aromatic nitrogens is 3. The summed E-state index contributed by atoms with van der Waals surface area (Å²) in [5, 5.41) is 7.98. The molecule has 0 fully saturated rings. The monoisotopic (exact) mass is 394 g/mol. The van der Waals surface area contributed by atoms with Crippen molar-refractivity contribution in [2.24, 2.45) is 0 Å². The molecule has 1 N–H and O–H groups in total. The Morgan fingerprint density at radius 1 is 1.14 bits per heavy atom. The summed E-state index contributed by atoms with van der Waals surface area (Å²) in [7, 11) is 1.62. The summed E-state index contributed by atoms with van der Waals surface area (Å²) in [6, 6.07) is 16.7. The second kappa shape index (κ2) is 7.69. The fraction of sp³-hybridized carbons (Fsp3) is 0.150. The topological polar surface area (TPSA) is 78.3 Å². The van der Waals surface area contributed by atoms with Crippen molar-refractivity contribution in [3.05, 3.63) is 60.3 Å². The van der Waals surface area contributed by atoms with Crippen LogP contribution in [-0.4, -0.2) is 34.4 Å². The number of nitrogens with one attached hydrogen (secondary N) is 1. The lowest BCUT2D eigenvalue weighted by atomic mass is 10.3. The van der Waals surface area contributed by atoms with Crippen LogP contribution in [0.4, 0.5) is 5.82 Å². The number of rotatable bonds is 6. The van der Waals surface area contributed by atoms with E-state index in [9.17, 15) is 4.79 Å². The molecule has 0 unspecified atom stereocenters. The Kier molecular flexibility index (Phi) is 4.94. The minimum absolute atomic E-state index is 0.0920. The van der Waals surface area contributed by atoms with Gasteiger partial charge in [0.2, 0.25) is 5.13 Å². The number of carbonyl (C=O) groups excluding carboxylic acids is 1. The van der Waals surface area contributed by atoms with Gasteiger partial charge in [0, 0.05) is 12.1 Å². The molecule has 0 radical (unpaired) electrons. The van der Waals surface area contributed by atoms with Gasteiger partial charge in [0.05, 0.1) is 23.0 Å². The van der Waals surface area contributed by atoms with Crippen LogP contribution in [0.5, 0.6) is 11.5 Å². The van der Waals surface area contributed by atoms with Gasteiger partial charge in [-0.3, -0.25) is 4.79 Å². The lowest BCUT2D eigenvalue weighted by Crippen LogP contribution is -2.21. The zero-order chi connectivity index (χ0) is 19.5. The number of fused-ring (bicyclic) bond motifs is 1. The molecule has 8 heteroatoms. The molecule has 0 spiro atoms. The van der Waals surface area contributed by atoms with Crippen LogP contribution in [0.25, 0.3) is 15.3 Å². The van der Waals surface area contributed by atoms with Crippen molar-refractivity contribution in [2.45, 2.75) is 6.92 Å². The Labute approximate surface area is 165 Å². The van der Waals surface area contributed by atoms with Crippen molar-refractivity contribution in [3.63, 3.8) is 0 Å². The average molecular weight is 394 g/mol. The van der Waals surface area contributed by atoms with E-state index in [2.05, 4.69) is 15.4 Å². The molecule has 0 saturated carbocycles. The zero-order valence-corrected chi connectivity index (χ0v) is 16.2. The van der Waals surface area contributed by atoms with E-state index in [-0.39, 0.29) is 12.5 Å². The molecule has 2 aromatic carbocycles. The molecule has 2 aromatic heterocycles. The molecule has 1 amide bonds. The van der Waals surface area contributed by atoms with Gasteiger partial charge in [-0.05, 0) is 31.2 Å². The Hall–Kier alpha value is -3.39. The van der Waals surface area contributed by atoms with Crippen LogP contribution in [-0.2, 0) is 4.79 Å². The quantitative estimate of drug-likeness (QED) is 0.538. The zero-order valence-electron chi connectivity index (χ0n) is 15.4. The van der Waals surface area contributed by atoms with Gasteiger partial charge in [-0.25, -0.2) is 4.98 Å². The first kappa shape index (κ1) is 18.0. The lowest BCUT2D eigenvalue weighted by molar-refractivity contribution is -0.118. The summed E-state index contributed by atoms with van der Waals surface area (Å²) >= 11 is 1.49. The molecule has 0 atom stereocenters. The number of anilines is 1. The van der Waals surface area contributed by atoms with Gasteiger partial charge in [0.25, 0.3) is 5.91 Å². The first-order valence-corrected chi connectivity index (χ1v) is 9.43. The predicted molar refractivity (Wildman–Crippen MR) is 109 cm³/mol. The van der Waals surface area contributed by atoms with Crippen LogP contribution in [0.15, 0.2) is 54.6 Å². The number of hydrogen-bond acceptors (Lipinski definition) is 6. The molecule has 0 aliphatic heterocycles. The molecule has 0 aliphatic rings. The smallest absolute Gasteiger partial charge is 0.263 e. The Balaban J connectivity index is 1.54. The largest absolute Gasteiger partial charge is 0.497 e. The van der Waals surface area contributed by atoms with Crippen LogP contribution < -0.4 is 14.8 Å². The number of benzene rings is 2. The molecule has 142 valence electrons. The number of aryl methyl sites for hydroxylation is 1. The highest BCUT2D eigenvalue weighted by atomic mass is 32.1. The standard InChI is InChI=1S/C20H18N4O3S/c1-13-10-18(22-19(25)12-27-14-6-4-3-5-7-14)24(23-13)20-21-16-11-15(26-2)8-9-17(16)28-20/h3-11H,12H2,1-2H3,(H,22,25). The maximum absolute atomic E-state index is 12.3. The van der Waals surface area contributed by atoms with Gasteiger partial charge in [0.1, 0.15) is 17.3 Å². The third-order valence-electron chi connectivity index (χ3n) is 3.98. The fourth-order valence-electron chi connectivity index (χ4n) is 2.69. The van der Waals surface area contributed by atoms with Crippen LogP contribution in [0.2, 0.25) is 0 Å². The van der Waals surface area contributed by atoms with Crippen molar-refractivity contribution >= 4 is 33.3 Å². The van der Waals surface area contributed by atoms with Crippen molar-refractivity contribution in [1.82, 2.24) is 14.8 Å². The minimum atomic E-state index is -0.271. The second-order valence-electron chi connectivity index (χ2n) is 6.06. The lowest BCUT2D eigenvalue weighted by Gasteiger charge is -2.08. The fourth-order valence-corrected chi connectivity index (χ4v) is 3.60. The number of carbonyl (C=O) groups is 1.